The van der Waals surface area contributed by atoms with Gasteiger partial charge in [-0.25, -0.2) is 0 Å². The second-order valence-corrected chi connectivity index (χ2v) is 16.9. The van der Waals surface area contributed by atoms with Crippen LogP contribution in [0.5, 0.6) is 5.75 Å². The molecule has 206 valence electrons. The van der Waals surface area contributed by atoms with Gasteiger partial charge in [-0.3, -0.25) is 14.5 Å². The topological polar surface area (TPSA) is 104 Å². The van der Waals surface area contributed by atoms with Crippen LogP contribution in [0.1, 0.15) is 40.8 Å². The third-order valence-electron chi connectivity index (χ3n) is 6.66. The molecule has 3 rings (SSSR count). The molecule has 0 aliphatic carbocycles. The SMILES string of the molecule is COc1ccc(C(=O)Nc2ccc(N(C#N)CCO[Si](C)(C)C(C)(C)C)cc2)c(NC(=O)c2ccc(Cl)s2)c1. The first-order valence-electron chi connectivity index (χ1n) is 12.3. The summed E-state index contributed by atoms with van der Waals surface area (Å²) in [7, 11) is -0.402. The Morgan fingerprint density at radius 3 is 2.31 bits per heavy atom. The zero-order valence-corrected chi connectivity index (χ0v) is 25.5. The summed E-state index contributed by atoms with van der Waals surface area (Å²) in [4.78, 5) is 27.8. The Morgan fingerprint density at radius 1 is 1.05 bits per heavy atom. The van der Waals surface area contributed by atoms with Crippen LogP contribution in [-0.4, -0.2) is 40.4 Å². The van der Waals surface area contributed by atoms with Crippen molar-refractivity contribution in [2.45, 2.75) is 38.9 Å². The Bertz CT molecular complexity index is 1360. The van der Waals surface area contributed by atoms with Crippen LogP contribution < -0.4 is 20.3 Å². The molecule has 0 atom stereocenters. The third kappa shape index (κ3) is 7.83. The van der Waals surface area contributed by atoms with E-state index >= 15 is 0 Å². The number of nitriles is 1. The zero-order valence-electron chi connectivity index (χ0n) is 22.9. The molecule has 0 bridgehead atoms. The van der Waals surface area contributed by atoms with E-state index < -0.39 is 14.2 Å². The van der Waals surface area contributed by atoms with Gasteiger partial charge in [-0.15, -0.1) is 11.3 Å². The third-order valence-corrected chi connectivity index (χ3v) is 12.4. The number of nitrogens with zero attached hydrogens (tertiary/aromatic N) is 2. The molecule has 2 amide bonds. The fourth-order valence-corrected chi connectivity index (χ4v) is 5.31. The molecule has 0 radical (unpaired) electrons. The van der Waals surface area contributed by atoms with Crippen molar-refractivity contribution in [3.8, 4) is 11.9 Å². The molecule has 0 unspecified atom stereocenters. The highest BCUT2D eigenvalue weighted by atomic mass is 35.5. The van der Waals surface area contributed by atoms with Crippen LogP contribution in [0.2, 0.25) is 22.5 Å². The average molecular weight is 585 g/mol. The number of hydrogen-bond acceptors (Lipinski definition) is 7. The van der Waals surface area contributed by atoms with Gasteiger partial charge in [0.2, 0.25) is 0 Å². The summed E-state index contributed by atoms with van der Waals surface area (Å²) in [6, 6.07) is 15.1. The molecule has 11 heteroatoms. The van der Waals surface area contributed by atoms with E-state index in [1.807, 2.05) is 0 Å². The standard InChI is InChI=1S/C28H33ClN4O4SSi/c1-28(2,3)39(5,6)37-16-15-33(18-30)20-9-7-19(8-10-20)31-26(34)22-12-11-21(36-4)17-23(22)32-27(35)24-13-14-25(29)38-24/h7-14,17H,15-16H2,1-6H3,(H,31,34)(H,32,35). The predicted octanol–water partition coefficient (Wildman–Crippen LogP) is 7.22. The summed E-state index contributed by atoms with van der Waals surface area (Å²) >= 11 is 7.10. The van der Waals surface area contributed by atoms with E-state index in [9.17, 15) is 14.9 Å². The minimum Gasteiger partial charge on any atom is -0.497 e. The monoisotopic (exact) mass is 584 g/mol. The normalized spacial score (nSPS) is 11.4. The van der Waals surface area contributed by atoms with Crippen molar-refractivity contribution >= 4 is 60.1 Å². The molecular formula is C28H33ClN4O4SSi. The summed E-state index contributed by atoms with van der Waals surface area (Å²) in [5.74, 6) is -0.304. The van der Waals surface area contributed by atoms with Crippen molar-refractivity contribution in [1.29, 1.82) is 5.26 Å². The lowest BCUT2D eigenvalue weighted by atomic mass is 10.1. The van der Waals surface area contributed by atoms with E-state index in [4.69, 9.17) is 20.8 Å². The Balaban J connectivity index is 1.69. The number of methoxy groups -OCH3 is 1. The van der Waals surface area contributed by atoms with Crippen LogP contribution >= 0.6 is 22.9 Å². The van der Waals surface area contributed by atoms with Gasteiger partial charge in [-0.05, 0) is 66.7 Å². The molecule has 0 aliphatic heterocycles. The highest BCUT2D eigenvalue weighted by Gasteiger charge is 2.37. The fourth-order valence-electron chi connectivity index (χ4n) is 3.34. The molecule has 0 aliphatic rings. The first-order chi connectivity index (χ1) is 18.3. The van der Waals surface area contributed by atoms with Crippen LogP contribution in [0.3, 0.4) is 0 Å². The molecule has 0 saturated heterocycles. The smallest absolute Gasteiger partial charge is 0.265 e. The summed E-state index contributed by atoms with van der Waals surface area (Å²) in [5, 5.41) is 15.4. The largest absolute Gasteiger partial charge is 0.497 e. The molecule has 1 heterocycles. The first-order valence-corrected chi connectivity index (χ1v) is 16.4. The number of amides is 2. The van der Waals surface area contributed by atoms with Crippen molar-refractivity contribution in [2.24, 2.45) is 0 Å². The van der Waals surface area contributed by atoms with Crippen molar-refractivity contribution in [2.75, 3.05) is 35.8 Å². The number of carbonyl (C=O) groups excluding carboxylic acids is 2. The summed E-state index contributed by atoms with van der Waals surface area (Å²) in [6.07, 6.45) is 2.20. The zero-order chi connectivity index (χ0) is 28.8. The summed E-state index contributed by atoms with van der Waals surface area (Å²) in [5.41, 5.74) is 1.80. The lowest BCUT2D eigenvalue weighted by Gasteiger charge is -2.36. The molecule has 39 heavy (non-hydrogen) atoms. The van der Waals surface area contributed by atoms with Gasteiger partial charge < -0.3 is 19.8 Å². The molecule has 2 aromatic carbocycles. The molecule has 0 fully saturated rings. The van der Waals surface area contributed by atoms with Gasteiger partial charge in [-0.1, -0.05) is 32.4 Å². The van der Waals surface area contributed by atoms with E-state index in [-0.39, 0.29) is 16.5 Å². The average Bonchev–Trinajstić information content (AvgIpc) is 3.33. The molecule has 0 saturated carbocycles. The van der Waals surface area contributed by atoms with Crippen LogP contribution in [-0.2, 0) is 4.43 Å². The molecule has 0 spiro atoms. The van der Waals surface area contributed by atoms with E-state index in [1.165, 1.54) is 7.11 Å². The van der Waals surface area contributed by atoms with E-state index in [0.717, 1.165) is 11.3 Å². The first kappa shape index (κ1) is 30.2. The Hall–Kier alpha value is -3.36. The van der Waals surface area contributed by atoms with E-state index in [2.05, 4.69) is 50.7 Å². The Labute approximate surface area is 239 Å². The summed E-state index contributed by atoms with van der Waals surface area (Å²) < 4.78 is 12.0. The fraction of sp³-hybridized carbons (Fsp3) is 0.321. The minimum atomic E-state index is -1.91. The number of ether oxygens (including phenoxy) is 1. The van der Waals surface area contributed by atoms with Crippen molar-refractivity contribution < 1.29 is 18.8 Å². The van der Waals surface area contributed by atoms with Gasteiger partial charge in [-0.2, -0.15) is 5.26 Å². The minimum absolute atomic E-state index is 0.0918. The number of thiophene rings is 1. The van der Waals surface area contributed by atoms with Crippen LogP contribution in [0.4, 0.5) is 17.1 Å². The number of carbonyl (C=O) groups is 2. The van der Waals surface area contributed by atoms with E-state index in [0.29, 0.717) is 45.2 Å². The van der Waals surface area contributed by atoms with Crippen molar-refractivity contribution in [1.82, 2.24) is 0 Å². The van der Waals surface area contributed by atoms with E-state index in [1.54, 1.807) is 59.5 Å². The molecule has 1 aromatic heterocycles. The highest BCUT2D eigenvalue weighted by Crippen LogP contribution is 2.36. The Morgan fingerprint density at radius 2 is 1.74 bits per heavy atom. The van der Waals surface area contributed by atoms with Crippen molar-refractivity contribution in [3.63, 3.8) is 0 Å². The van der Waals surface area contributed by atoms with Gasteiger partial charge in [0.05, 0.1) is 46.4 Å². The quantitative estimate of drug-likeness (QED) is 0.148. The number of benzene rings is 2. The predicted molar refractivity (Wildman–Crippen MR) is 161 cm³/mol. The number of nitrogens with one attached hydrogen (secondary N) is 2. The molecule has 3 aromatic rings. The summed E-state index contributed by atoms with van der Waals surface area (Å²) in [6.45, 7) is 11.8. The Kier molecular flexibility index (Phi) is 9.80. The molecular weight excluding hydrogens is 552 g/mol. The van der Waals surface area contributed by atoms with Crippen LogP contribution in [0.15, 0.2) is 54.6 Å². The van der Waals surface area contributed by atoms with Gasteiger partial charge in [0.1, 0.15) is 5.75 Å². The molecule has 8 nitrogen and oxygen atoms in total. The van der Waals surface area contributed by atoms with Crippen molar-refractivity contribution in [3.05, 3.63) is 69.4 Å². The lowest BCUT2D eigenvalue weighted by Crippen LogP contribution is -2.42. The van der Waals surface area contributed by atoms with Gasteiger partial charge in [0.25, 0.3) is 11.8 Å². The van der Waals surface area contributed by atoms with Crippen LogP contribution in [0.25, 0.3) is 0 Å². The maximum atomic E-state index is 13.2. The second-order valence-electron chi connectivity index (χ2n) is 10.3. The number of rotatable bonds is 10. The maximum Gasteiger partial charge on any atom is 0.265 e. The second kappa shape index (κ2) is 12.7. The van der Waals surface area contributed by atoms with Gasteiger partial charge in [0.15, 0.2) is 14.5 Å². The van der Waals surface area contributed by atoms with Crippen LogP contribution in [0, 0.1) is 11.5 Å². The lowest BCUT2D eigenvalue weighted by molar-refractivity contribution is 0.102. The maximum absolute atomic E-state index is 13.2. The number of halogens is 1. The number of hydrogen-bond donors (Lipinski definition) is 2. The highest BCUT2D eigenvalue weighted by molar-refractivity contribution is 7.18. The molecule has 2 N–H and O–H groups in total. The number of anilines is 3. The van der Waals surface area contributed by atoms with Gasteiger partial charge >= 0.3 is 0 Å². The van der Waals surface area contributed by atoms with Gasteiger partial charge in [0, 0.05) is 11.8 Å².